The van der Waals surface area contributed by atoms with Crippen molar-refractivity contribution in [3.8, 4) is 5.75 Å². The van der Waals surface area contributed by atoms with E-state index in [-0.39, 0.29) is 5.56 Å². The highest BCUT2D eigenvalue weighted by Crippen LogP contribution is 2.34. The number of nitro benzene ring substituents is 2. The summed E-state index contributed by atoms with van der Waals surface area (Å²) in [6.45, 7) is 0. The minimum absolute atomic E-state index is 0.0463. The third kappa shape index (κ3) is 4.39. The molecule has 0 aliphatic rings. The van der Waals surface area contributed by atoms with Gasteiger partial charge in [0, 0.05) is 6.07 Å². The first-order chi connectivity index (χ1) is 12.7. The Kier molecular flexibility index (Phi) is 5.41. The maximum Gasteiger partial charge on any atom is 0.335 e. The second kappa shape index (κ2) is 7.69. The van der Waals surface area contributed by atoms with E-state index < -0.39 is 44.4 Å². The van der Waals surface area contributed by atoms with Crippen LogP contribution in [0.15, 0.2) is 41.5 Å². The molecule has 12 heteroatoms. The fraction of sp³-hybridized carbons (Fsp3) is 0. The SMILES string of the molecule is O=C(O)c1ccc(/C=N/NC(=O)c2cc([N+](=O)[O-])cc([N+](=O)[O-])c2O)cc1. The molecule has 0 heterocycles. The van der Waals surface area contributed by atoms with Crippen LogP contribution >= 0.6 is 0 Å². The highest BCUT2D eigenvalue weighted by molar-refractivity contribution is 5.99. The summed E-state index contributed by atoms with van der Waals surface area (Å²) in [5.41, 5.74) is -0.0106. The van der Waals surface area contributed by atoms with Gasteiger partial charge in [-0.3, -0.25) is 25.0 Å². The summed E-state index contributed by atoms with van der Waals surface area (Å²) in [4.78, 5) is 42.5. The van der Waals surface area contributed by atoms with Crippen LogP contribution in [0.3, 0.4) is 0 Å². The summed E-state index contributed by atoms with van der Waals surface area (Å²) in [6, 6.07) is 6.64. The molecule has 0 fully saturated rings. The minimum Gasteiger partial charge on any atom is -0.502 e. The molecule has 0 atom stereocenters. The number of amides is 1. The molecule has 2 aromatic rings. The molecule has 1 amide bonds. The molecule has 2 aromatic carbocycles. The Bertz CT molecular complexity index is 969. The molecule has 0 saturated carbocycles. The number of carbonyl (C=O) groups excluding carboxylic acids is 1. The lowest BCUT2D eigenvalue weighted by atomic mass is 10.1. The number of aromatic hydroxyl groups is 1. The second-order valence-corrected chi connectivity index (χ2v) is 5.00. The van der Waals surface area contributed by atoms with Crippen molar-refractivity contribution in [1.29, 1.82) is 0 Å². The van der Waals surface area contributed by atoms with Gasteiger partial charge in [-0.25, -0.2) is 10.2 Å². The van der Waals surface area contributed by atoms with Gasteiger partial charge >= 0.3 is 11.7 Å². The molecular weight excluding hydrogens is 364 g/mol. The van der Waals surface area contributed by atoms with E-state index in [4.69, 9.17) is 5.11 Å². The zero-order valence-corrected chi connectivity index (χ0v) is 13.2. The molecule has 0 radical (unpaired) electrons. The van der Waals surface area contributed by atoms with Crippen LogP contribution in [-0.2, 0) is 0 Å². The molecule has 3 N–H and O–H groups in total. The van der Waals surface area contributed by atoms with Gasteiger partial charge in [0.05, 0.1) is 33.3 Å². The number of carboxylic acids is 1. The zero-order chi connectivity index (χ0) is 20.1. The molecule has 12 nitrogen and oxygen atoms in total. The highest BCUT2D eigenvalue weighted by Gasteiger charge is 2.27. The van der Waals surface area contributed by atoms with Crippen molar-refractivity contribution in [3.63, 3.8) is 0 Å². The second-order valence-electron chi connectivity index (χ2n) is 5.00. The van der Waals surface area contributed by atoms with Gasteiger partial charge in [0.25, 0.3) is 11.6 Å². The highest BCUT2D eigenvalue weighted by atomic mass is 16.6. The molecule has 0 saturated heterocycles. The Morgan fingerprint density at radius 2 is 1.70 bits per heavy atom. The number of nitrogens with zero attached hydrogens (tertiary/aromatic N) is 3. The number of hydrogen-bond donors (Lipinski definition) is 3. The molecule has 0 aromatic heterocycles. The summed E-state index contributed by atoms with van der Waals surface area (Å²) in [5, 5.41) is 43.9. The van der Waals surface area contributed by atoms with E-state index >= 15 is 0 Å². The van der Waals surface area contributed by atoms with Crippen molar-refractivity contribution in [2.45, 2.75) is 0 Å². The lowest BCUT2D eigenvalue weighted by Gasteiger charge is -2.04. The number of aromatic carboxylic acids is 1. The normalized spacial score (nSPS) is 10.5. The predicted octanol–water partition coefficient (Wildman–Crippen LogP) is 1.67. The fourth-order valence-corrected chi connectivity index (χ4v) is 1.96. The van der Waals surface area contributed by atoms with Crippen molar-refractivity contribution in [3.05, 3.63) is 73.3 Å². The molecule has 2 rings (SSSR count). The average molecular weight is 374 g/mol. The van der Waals surface area contributed by atoms with E-state index in [9.17, 15) is 34.9 Å². The largest absolute Gasteiger partial charge is 0.502 e. The van der Waals surface area contributed by atoms with Crippen LogP contribution in [0.25, 0.3) is 0 Å². The van der Waals surface area contributed by atoms with Gasteiger partial charge in [0.15, 0.2) is 0 Å². The Morgan fingerprint density at radius 1 is 1.07 bits per heavy atom. The summed E-state index contributed by atoms with van der Waals surface area (Å²) in [6.07, 6.45) is 1.15. The number of rotatable bonds is 6. The molecule has 0 bridgehead atoms. The predicted molar refractivity (Wildman–Crippen MR) is 89.9 cm³/mol. The van der Waals surface area contributed by atoms with Gasteiger partial charge in [0.1, 0.15) is 0 Å². The summed E-state index contributed by atoms with van der Waals surface area (Å²) < 4.78 is 0. The molecule has 0 aliphatic heterocycles. The average Bonchev–Trinajstić information content (AvgIpc) is 2.61. The standard InChI is InChI=1S/C15H10N4O8/c20-13-11(5-10(18(24)25)6-12(13)19(26)27)14(21)17-16-7-8-1-3-9(4-2-8)15(22)23/h1-7,20H,(H,17,21)(H,22,23)/b16-7+. The van der Waals surface area contributed by atoms with E-state index in [1.165, 1.54) is 24.3 Å². The number of phenolic OH excluding ortho intramolecular Hbond substituents is 1. The maximum atomic E-state index is 12.0. The number of carbonyl (C=O) groups is 2. The van der Waals surface area contributed by atoms with Crippen LogP contribution in [0.1, 0.15) is 26.3 Å². The Morgan fingerprint density at radius 3 is 2.22 bits per heavy atom. The molecule has 0 spiro atoms. The fourth-order valence-electron chi connectivity index (χ4n) is 1.96. The minimum atomic E-state index is -1.12. The van der Waals surface area contributed by atoms with Gasteiger partial charge < -0.3 is 10.2 Å². The zero-order valence-electron chi connectivity index (χ0n) is 13.2. The Balaban J connectivity index is 2.23. The van der Waals surface area contributed by atoms with E-state index in [1.807, 2.05) is 5.43 Å². The smallest absolute Gasteiger partial charge is 0.335 e. The number of carboxylic acid groups (broad SMARTS) is 1. The number of nitro groups is 2. The van der Waals surface area contributed by atoms with Crippen LogP contribution in [0.5, 0.6) is 5.75 Å². The third-order valence-corrected chi connectivity index (χ3v) is 3.26. The van der Waals surface area contributed by atoms with Crippen molar-refractivity contribution in [2.24, 2.45) is 5.10 Å². The van der Waals surface area contributed by atoms with Gasteiger partial charge in [-0.05, 0) is 17.7 Å². The van der Waals surface area contributed by atoms with E-state index in [2.05, 4.69) is 5.10 Å². The number of benzene rings is 2. The number of hydrazone groups is 1. The number of non-ortho nitro benzene ring substituents is 1. The van der Waals surface area contributed by atoms with Gasteiger partial charge in [0.2, 0.25) is 5.75 Å². The molecule has 138 valence electrons. The first-order valence-electron chi connectivity index (χ1n) is 7.03. The first kappa shape index (κ1) is 19.0. The third-order valence-electron chi connectivity index (χ3n) is 3.26. The van der Waals surface area contributed by atoms with E-state index in [1.54, 1.807) is 0 Å². The van der Waals surface area contributed by atoms with Crippen molar-refractivity contribution >= 4 is 29.5 Å². The first-order valence-corrected chi connectivity index (χ1v) is 7.03. The molecular formula is C15H10N4O8. The maximum absolute atomic E-state index is 12.0. The van der Waals surface area contributed by atoms with Crippen LogP contribution in [0.2, 0.25) is 0 Å². The van der Waals surface area contributed by atoms with E-state index in [0.717, 1.165) is 6.21 Å². The summed E-state index contributed by atoms with van der Waals surface area (Å²) in [7, 11) is 0. The summed E-state index contributed by atoms with van der Waals surface area (Å²) in [5.74, 6) is -3.27. The van der Waals surface area contributed by atoms with Gasteiger partial charge in [-0.1, -0.05) is 12.1 Å². The van der Waals surface area contributed by atoms with Crippen LogP contribution < -0.4 is 5.43 Å². The van der Waals surface area contributed by atoms with Crippen LogP contribution in [0, 0.1) is 20.2 Å². The van der Waals surface area contributed by atoms with Gasteiger partial charge in [-0.2, -0.15) is 5.10 Å². The number of nitrogens with one attached hydrogen (secondary N) is 1. The molecule has 0 unspecified atom stereocenters. The molecule has 27 heavy (non-hydrogen) atoms. The van der Waals surface area contributed by atoms with Gasteiger partial charge in [-0.15, -0.1) is 0 Å². The van der Waals surface area contributed by atoms with Crippen LogP contribution in [-0.4, -0.2) is 38.2 Å². The summed E-state index contributed by atoms with van der Waals surface area (Å²) >= 11 is 0. The van der Waals surface area contributed by atoms with Crippen molar-refractivity contribution in [1.82, 2.24) is 5.43 Å². The quantitative estimate of drug-likeness (QED) is 0.387. The lowest BCUT2D eigenvalue weighted by molar-refractivity contribution is -0.394. The molecule has 0 aliphatic carbocycles. The number of hydrogen-bond acceptors (Lipinski definition) is 8. The van der Waals surface area contributed by atoms with Crippen molar-refractivity contribution in [2.75, 3.05) is 0 Å². The van der Waals surface area contributed by atoms with E-state index in [0.29, 0.717) is 17.7 Å². The number of phenols is 1. The van der Waals surface area contributed by atoms with Crippen molar-refractivity contribution < 1.29 is 29.6 Å². The monoisotopic (exact) mass is 374 g/mol. The topological polar surface area (TPSA) is 185 Å². The Hall–Kier alpha value is -4.35. The van der Waals surface area contributed by atoms with Crippen LogP contribution in [0.4, 0.5) is 11.4 Å². The lowest BCUT2D eigenvalue weighted by Crippen LogP contribution is -2.18. The Labute approximate surface area is 149 Å².